The largest absolute Gasteiger partial charge is 0.290 e. The summed E-state index contributed by atoms with van der Waals surface area (Å²) in [6, 6.07) is 18.2. The van der Waals surface area contributed by atoms with Crippen LogP contribution in [-0.4, -0.2) is 29.3 Å². The Morgan fingerprint density at radius 2 is 1.37 bits per heavy atom. The lowest BCUT2D eigenvalue weighted by molar-refractivity contribution is -0.140. The SMILES string of the molecule is O=C1C2C3C=CC(C4CC34)C2C(=O)N1CN(C(=O)c1ccccc1)c1ccccc1. The Morgan fingerprint density at radius 3 is 1.93 bits per heavy atom. The van der Waals surface area contributed by atoms with Gasteiger partial charge in [-0.15, -0.1) is 0 Å². The number of para-hydroxylation sites is 1. The van der Waals surface area contributed by atoms with Crippen LogP contribution in [0.4, 0.5) is 5.69 Å². The second-order valence-electron chi connectivity index (χ2n) is 8.84. The molecule has 6 atom stereocenters. The predicted octanol–water partition coefficient (Wildman–Crippen LogP) is 3.34. The lowest BCUT2D eigenvalue weighted by atomic mass is 9.63. The van der Waals surface area contributed by atoms with Crippen molar-refractivity contribution in [3.05, 3.63) is 78.4 Å². The number of imide groups is 1. The van der Waals surface area contributed by atoms with E-state index in [4.69, 9.17) is 0 Å². The molecule has 2 aromatic carbocycles. The summed E-state index contributed by atoms with van der Waals surface area (Å²) in [4.78, 5) is 42.9. The van der Waals surface area contributed by atoms with Crippen LogP contribution in [0, 0.1) is 35.5 Å². The van der Waals surface area contributed by atoms with Gasteiger partial charge in [-0.2, -0.15) is 0 Å². The number of hydrogen-bond donors (Lipinski definition) is 0. The fourth-order valence-corrected chi connectivity index (χ4v) is 5.91. The van der Waals surface area contributed by atoms with E-state index in [1.165, 1.54) is 4.90 Å². The molecule has 3 amide bonds. The summed E-state index contributed by atoms with van der Waals surface area (Å²) in [7, 11) is 0. The smallest absolute Gasteiger partial charge is 0.259 e. The van der Waals surface area contributed by atoms with Crippen molar-refractivity contribution in [1.82, 2.24) is 4.90 Å². The summed E-state index contributed by atoms with van der Waals surface area (Å²) in [5.41, 5.74) is 1.20. The standard InChI is InChI=1S/C25H22N2O3/c28-23(15-7-3-1-4-8-15)26(16-9-5-2-6-10-16)14-27-24(29)21-17-11-12-18(20-13-19(17)20)22(21)25(27)30/h1-12,17-22H,13-14H2. The van der Waals surface area contributed by atoms with E-state index in [0.29, 0.717) is 23.1 Å². The van der Waals surface area contributed by atoms with Crippen molar-refractivity contribution in [2.75, 3.05) is 11.6 Å². The second kappa shape index (κ2) is 6.39. The molecule has 2 aromatic rings. The number of hydrogen-bond acceptors (Lipinski definition) is 3. The van der Waals surface area contributed by atoms with Crippen molar-refractivity contribution in [2.45, 2.75) is 6.42 Å². The second-order valence-corrected chi connectivity index (χ2v) is 8.84. The van der Waals surface area contributed by atoms with Crippen LogP contribution in [0.2, 0.25) is 0 Å². The number of rotatable bonds is 4. The summed E-state index contributed by atoms with van der Waals surface area (Å²) in [6.07, 6.45) is 5.47. The molecule has 5 nitrogen and oxygen atoms in total. The van der Waals surface area contributed by atoms with E-state index < -0.39 is 0 Å². The van der Waals surface area contributed by atoms with Crippen molar-refractivity contribution >= 4 is 23.4 Å². The number of nitrogens with zero attached hydrogens (tertiary/aromatic N) is 2. The van der Waals surface area contributed by atoms with Crippen molar-refractivity contribution in [1.29, 1.82) is 0 Å². The van der Waals surface area contributed by atoms with Crippen LogP contribution in [0.15, 0.2) is 72.8 Å². The van der Waals surface area contributed by atoms with E-state index in [1.54, 1.807) is 17.0 Å². The average Bonchev–Trinajstić information content (AvgIpc) is 3.58. The fourth-order valence-electron chi connectivity index (χ4n) is 5.91. The number of carbonyl (C=O) groups is 3. The third-order valence-corrected chi connectivity index (χ3v) is 7.37. The molecular weight excluding hydrogens is 376 g/mol. The van der Waals surface area contributed by atoms with Crippen LogP contribution in [0.3, 0.4) is 0 Å². The molecule has 1 heterocycles. The Balaban J connectivity index is 1.33. The number of likely N-dealkylation sites (tertiary alicyclic amines) is 1. The summed E-state index contributed by atoms with van der Waals surface area (Å²) < 4.78 is 0. The Kier molecular flexibility index (Phi) is 3.76. The molecule has 0 aromatic heterocycles. The maximum absolute atomic E-state index is 13.4. The van der Waals surface area contributed by atoms with Crippen molar-refractivity contribution in [3.63, 3.8) is 0 Å². The van der Waals surface area contributed by atoms with Gasteiger partial charge in [-0.3, -0.25) is 24.2 Å². The van der Waals surface area contributed by atoms with Crippen LogP contribution in [-0.2, 0) is 9.59 Å². The maximum atomic E-state index is 13.4. The molecule has 150 valence electrons. The van der Waals surface area contributed by atoms with E-state index in [2.05, 4.69) is 12.2 Å². The summed E-state index contributed by atoms with van der Waals surface area (Å²) in [5, 5.41) is 0. The average molecular weight is 398 g/mol. The molecular formula is C25H22N2O3. The molecule has 5 aliphatic rings. The summed E-state index contributed by atoms with van der Waals surface area (Å²) in [5.74, 6) is 0.543. The fraction of sp³-hybridized carbons (Fsp3) is 0.320. The molecule has 30 heavy (non-hydrogen) atoms. The Bertz CT molecular complexity index is 1030. The third kappa shape index (κ3) is 2.44. The first-order chi connectivity index (χ1) is 14.6. The van der Waals surface area contributed by atoms with Gasteiger partial charge in [0.25, 0.3) is 5.91 Å². The van der Waals surface area contributed by atoms with E-state index >= 15 is 0 Å². The van der Waals surface area contributed by atoms with Gasteiger partial charge in [-0.25, -0.2) is 0 Å². The molecule has 4 aliphatic carbocycles. The van der Waals surface area contributed by atoms with E-state index in [9.17, 15) is 14.4 Å². The molecule has 0 radical (unpaired) electrons. The molecule has 1 saturated heterocycles. The van der Waals surface area contributed by atoms with Crippen LogP contribution in [0.25, 0.3) is 0 Å². The zero-order valence-corrected chi connectivity index (χ0v) is 16.4. The Morgan fingerprint density at radius 1 is 0.833 bits per heavy atom. The topological polar surface area (TPSA) is 57.7 Å². The molecule has 0 N–H and O–H groups in total. The van der Waals surface area contributed by atoms with Crippen LogP contribution < -0.4 is 4.90 Å². The number of carbonyl (C=O) groups excluding carboxylic acids is 3. The lowest BCUT2D eigenvalue weighted by Crippen LogP contribution is -2.45. The first kappa shape index (κ1) is 17.6. The van der Waals surface area contributed by atoms with Crippen molar-refractivity contribution < 1.29 is 14.4 Å². The summed E-state index contributed by atoms with van der Waals surface area (Å²) >= 11 is 0. The molecule has 5 heteroatoms. The lowest BCUT2D eigenvalue weighted by Gasteiger charge is -2.37. The van der Waals surface area contributed by atoms with Crippen molar-refractivity contribution in [3.8, 4) is 0 Å². The van der Waals surface area contributed by atoms with Gasteiger partial charge >= 0.3 is 0 Å². The Labute approximate surface area is 175 Å². The quantitative estimate of drug-likeness (QED) is 0.586. The highest BCUT2D eigenvalue weighted by atomic mass is 16.2. The van der Waals surface area contributed by atoms with Gasteiger partial charge in [0.2, 0.25) is 11.8 Å². The third-order valence-electron chi connectivity index (χ3n) is 7.37. The van der Waals surface area contributed by atoms with Gasteiger partial charge < -0.3 is 0 Å². The van der Waals surface area contributed by atoms with Gasteiger partial charge in [0.15, 0.2) is 0 Å². The molecule has 7 rings (SSSR count). The normalized spacial score (nSPS) is 32.7. The highest BCUT2D eigenvalue weighted by Crippen LogP contribution is 2.65. The minimum Gasteiger partial charge on any atom is -0.290 e. The van der Waals surface area contributed by atoms with Gasteiger partial charge in [0, 0.05) is 11.3 Å². The van der Waals surface area contributed by atoms with Gasteiger partial charge in [0.05, 0.1) is 11.8 Å². The molecule has 0 spiro atoms. The molecule has 2 saturated carbocycles. The number of benzene rings is 2. The molecule has 6 unspecified atom stereocenters. The van der Waals surface area contributed by atoms with Crippen LogP contribution >= 0.6 is 0 Å². The summed E-state index contributed by atoms with van der Waals surface area (Å²) in [6.45, 7) is -0.0445. The van der Waals surface area contributed by atoms with Crippen LogP contribution in [0.1, 0.15) is 16.8 Å². The number of amides is 3. The van der Waals surface area contributed by atoms with Crippen LogP contribution in [0.5, 0.6) is 0 Å². The minimum absolute atomic E-state index is 0.0445. The number of allylic oxidation sites excluding steroid dienone is 2. The van der Waals surface area contributed by atoms with Crippen molar-refractivity contribution in [2.24, 2.45) is 35.5 Å². The first-order valence-electron chi connectivity index (χ1n) is 10.6. The Hall–Kier alpha value is -3.21. The predicted molar refractivity (Wildman–Crippen MR) is 111 cm³/mol. The zero-order chi connectivity index (χ0) is 20.4. The highest BCUT2D eigenvalue weighted by Gasteiger charge is 2.67. The van der Waals surface area contributed by atoms with E-state index in [-0.39, 0.29) is 48.1 Å². The van der Waals surface area contributed by atoms with E-state index in [1.807, 2.05) is 48.5 Å². The maximum Gasteiger partial charge on any atom is 0.259 e. The number of anilines is 1. The molecule has 1 aliphatic heterocycles. The van der Waals surface area contributed by atoms with Gasteiger partial charge in [0.1, 0.15) is 6.67 Å². The molecule has 2 bridgehead atoms. The van der Waals surface area contributed by atoms with Gasteiger partial charge in [-0.1, -0.05) is 48.6 Å². The van der Waals surface area contributed by atoms with Gasteiger partial charge in [-0.05, 0) is 54.4 Å². The zero-order valence-electron chi connectivity index (χ0n) is 16.4. The minimum atomic E-state index is -0.249. The first-order valence-corrected chi connectivity index (χ1v) is 10.6. The monoisotopic (exact) mass is 398 g/mol. The van der Waals surface area contributed by atoms with E-state index in [0.717, 1.165) is 6.42 Å². The molecule has 3 fully saturated rings. The highest BCUT2D eigenvalue weighted by molar-refractivity contribution is 6.09.